The zero-order chi connectivity index (χ0) is 21.9. The van der Waals surface area contributed by atoms with Crippen LogP contribution in [0, 0.1) is 0 Å². The van der Waals surface area contributed by atoms with E-state index in [0.717, 1.165) is 47.8 Å². The Kier molecular flexibility index (Phi) is 10.2. The molecule has 0 aliphatic heterocycles. The van der Waals surface area contributed by atoms with Crippen molar-refractivity contribution in [1.82, 2.24) is 14.9 Å². The van der Waals surface area contributed by atoms with Crippen LogP contribution in [-0.2, 0) is 22.6 Å². The molecule has 0 saturated carbocycles. The third-order valence-electron chi connectivity index (χ3n) is 4.68. The Hall–Kier alpha value is -1.99. The molecule has 0 bridgehead atoms. The number of hydrogen-bond acceptors (Lipinski definition) is 4. The van der Waals surface area contributed by atoms with E-state index in [4.69, 9.17) is 11.6 Å². The van der Waals surface area contributed by atoms with Gasteiger partial charge in [-0.25, -0.2) is 9.78 Å². The number of thioether (sulfide) groups is 1. The van der Waals surface area contributed by atoms with E-state index in [1.807, 2.05) is 28.8 Å². The van der Waals surface area contributed by atoms with Gasteiger partial charge in [0.2, 0.25) is 5.91 Å². The normalized spacial score (nSPS) is 12.0. The molecule has 2 rings (SSSR count). The fourth-order valence-electron chi connectivity index (χ4n) is 3.04. The van der Waals surface area contributed by atoms with Gasteiger partial charge < -0.3 is 15.0 Å². The quantitative estimate of drug-likeness (QED) is 0.338. The molecule has 6 nitrogen and oxygen atoms in total. The first-order valence-electron chi connectivity index (χ1n) is 10.4. The molecule has 0 aliphatic carbocycles. The number of carboxylic acids is 1. The van der Waals surface area contributed by atoms with E-state index < -0.39 is 12.0 Å². The lowest BCUT2D eigenvalue weighted by Crippen LogP contribution is -2.42. The van der Waals surface area contributed by atoms with Crippen LogP contribution in [0.25, 0.3) is 0 Å². The number of imidazole rings is 1. The first-order valence-corrected chi connectivity index (χ1v) is 11.7. The van der Waals surface area contributed by atoms with E-state index in [9.17, 15) is 14.7 Å². The van der Waals surface area contributed by atoms with Crippen molar-refractivity contribution in [1.29, 1.82) is 0 Å². The van der Waals surface area contributed by atoms with Crippen molar-refractivity contribution in [3.05, 3.63) is 46.7 Å². The molecule has 0 aliphatic rings. The molecule has 1 amide bonds. The molecule has 0 fully saturated rings. The summed E-state index contributed by atoms with van der Waals surface area (Å²) in [5.74, 6) is -0.365. The maximum absolute atomic E-state index is 12.2. The Balaban J connectivity index is 2.21. The molecule has 8 heteroatoms. The molecule has 0 radical (unpaired) electrons. The van der Waals surface area contributed by atoms with Gasteiger partial charge in [0.15, 0.2) is 5.16 Å². The minimum atomic E-state index is -1.05. The number of aromatic nitrogens is 2. The van der Waals surface area contributed by atoms with Crippen LogP contribution in [0.4, 0.5) is 0 Å². The van der Waals surface area contributed by atoms with E-state index >= 15 is 0 Å². The van der Waals surface area contributed by atoms with E-state index in [0.29, 0.717) is 18.0 Å². The van der Waals surface area contributed by atoms with E-state index in [2.05, 4.69) is 24.1 Å². The first kappa shape index (κ1) is 24.3. The van der Waals surface area contributed by atoms with Gasteiger partial charge in [-0.2, -0.15) is 0 Å². The summed E-state index contributed by atoms with van der Waals surface area (Å²) in [5, 5.41) is 13.8. The SMILES string of the molecule is CCCCCC(=O)NC(Cc1cnc(SCCC)n1Cc1ccccc1Cl)C(=O)O. The number of nitrogens with one attached hydrogen (secondary N) is 1. The second-order valence-corrected chi connectivity index (χ2v) is 8.65. The van der Waals surface area contributed by atoms with Gasteiger partial charge in [-0.3, -0.25) is 4.79 Å². The van der Waals surface area contributed by atoms with Crippen LogP contribution in [-0.4, -0.2) is 38.3 Å². The van der Waals surface area contributed by atoms with Crippen molar-refractivity contribution < 1.29 is 14.7 Å². The highest BCUT2D eigenvalue weighted by molar-refractivity contribution is 7.99. The van der Waals surface area contributed by atoms with Crippen LogP contribution >= 0.6 is 23.4 Å². The van der Waals surface area contributed by atoms with Gasteiger partial charge in [0.25, 0.3) is 0 Å². The summed E-state index contributed by atoms with van der Waals surface area (Å²) in [6.45, 7) is 4.66. The van der Waals surface area contributed by atoms with Crippen molar-refractivity contribution >= 4 is 35.2 Å². The Morgan fingerprint density at radius 1 is 1.23 bits per heavy atom. The zero-order valence-electron chi connectivity index (χ0n) is 17.6. The summed E-state index contributed by atoms with van der Waals surface area (Å²) in [6, 6.07) is 6.59. The van der Waals surface area contributed by atoms with Crippen molar-refractivity contribution in [2.45, 2.75) is 70.1 Å². The Labute approximate surface area is 187 Å². The molecule has 30 heavy (non-hydrogen) atoms. The van der Waals surface area contributed by atoms with Gasteiger partial charge >= 0.3 is 5.97 Å². The predicted molar refractivity (Wildman–Crippen MR) is 121 cm³/mol. The minimum Gasteiger partial charge on any atom is -0.480 e. The molecule has 1 aromatic carbocycles. The summed E-state index contributed by atoms with van der Waals surface area (Å²) in [5.41, 5.74) is 1.70. The largest absolute Gasteiger partial charge is 0.480 e. The molecule has 1 atom stereocenters. The van der Waals surface area contributed by atoms with Crippen molar-refractivity contribution in [3.63, 3.8) is 0 Å². The lowest BCUT2D eigenvalue weighted by atomic mass is 10.1. The Morgan fingerprint density at radius 2 is 2.00 bits per heavy atom. The predicted octanol–water partition coefficient (Wildman–Crippen LogP) is 4.78. The summed E-state index contributed by atoms with van der Waals surface area (Å²) < 4.78 is 2.00. The van der Waals surface area contributed by atoms with Crippen LogP contribution < -0.4 is 5.32 Å². The Bertz CT molecular complexity index is 841. The second kappa shape index (κ2) is 12.6. The fourth-order valence-corrected chi connectivity index (χ4v) is 4.09. The topological polar surface area (TPSA) is 84.2 Å². The number of rotatable bonds is 13. The highest BCUT2D eigenvalue weighted by Crippen LogP contribution is 2.24. The van der Waals surface area contributed by atoms with Gasteiger partial charge in [-0.1, -0.05) is 68.3 Å². The number of carbonyl (C=O) groups is 2. The number of unbranched alkanes of at least 4 members (excludes halogenated alkanes) is 2. The maximum atomic E-state index is 12.2. The van der Waals surface area contributed by atoms with Gasteiger partial charge in [-0.05, 0) is 24.5 Å². The summed E-state index contributed by atoms with van der Waals surface area (Å²) in [7, 11) is 0. The van der Waals surface area contributed by atoms with Crippen LogP contribution in [0.1, 0.15) is 57.2 Å². The summed E-state index contributed by atoms with van der Waals surface area (Å²) >= 11 is 7.97. The van der Waals surface area contributed by atoms with Crippen LogP contribution in [0.3, 0.4) is 0 Å². The van der Waals surface area contributed by atoms with Crippen LogP contribution in [0.5, 0.6) is 0 Å². The van der Waals surface area contributed by atoms with Gasteiger partial charge in [-0.15, -0.1) is 0 Å². The zero-order valence-corrected chi connectivity index (χ0v) is 19.1. The fraction of sp³-hybridized carbons (Fsp3) is 0.500. The third kappa shape index (κ3) is 7.36. The van der Waals surface area contributed by atoms with E-state index in [1.54, 1.807) is 18.0 Å². The van der Waals surface area contributed by atoms with Gasteiger partial charge in [0, 0.05) is 35.5 Å². The molecule has 1 unspecified atom stereocenters. The first-order chi connectivity index (χ1) is 14.5. The number of hydrogen-bond donors (Lipinski definition) is 2. The minimum absolute atomic E-state index is 0.166. The monoisotopic (exact) mass is 451 g/mol. The number of halogens is 1. The number of amides is 1. The molecule has 1 heterocycles. The van der Waals surface area contributed by atoms with Crippen molar-refractivity contribution in [2.75, 3.05) is 5.75 Å². The molecule has 2 aromatic rings. The van der Waals surface area contributed by atoms with Crippen molar-refractivity contribution in [2.24, 2.45) is 0 Å². The molecule has 0 saturated heterocycles. The molecule has 1 aromatic heterocycles. The summed E-state index contributed by atoms with van der Waals surface area (Å²) in [6.07, 6.45) is 5.94. The van der Waals surface area contributed by atoms with E-state index in [1.165, 1.54) is 0 Å². The number of carboxylic acid groups (broad SMARTS) is 1. The molecule has 2 N–H and O–H groups in total. The standard InChI is InChI=1S/C22H30ClN3O3S/c1-3-5-6-11-20(27)25-19(21(28)29)13-17-14-24-22(30-12-4-2)26(17)15-16-9-7-8-10-18(16)23/h7-10,14,19H,3-6,11-13,15H2,1-2H3,(H,25,27)(H,28,29). The second-order valence-electron chi connectivity index (χ2n) is 7.18. The molecular weight excluding hydrogens is 422 g/mol. The highest BCUT2D eigenvalue weighted by atomic mass is 35.5. The number of nitrogens with zero attached hydrogens (tertiary/aromatic N) is 2. The number of carbonyl (C=O) groups excluding carboxylic acids is 1. The third-order valence-corrected chi connectivity index (χ3v) is 6.24. The van der Waals surface area contributed by atoms with Crippen LogP contribution in [0.15, 0.2) is 35.6 Å². The lowest BCUT2D eigenvalue weighted by molar-refractivity contribution is -0.141. The number of aliphatic carboxylic acids is 1. The maximum Gasteiger partial charge on any atom is 0.326 e. The van der Waals surface area contributed by atoms with Gasteiger partial charge in [0.1, 0.15) is 6.04 Å². The Morgan fingerprint density at radius 3 is 2.67 bits per heavy atom. The lowest BCUT2D eigenvalue weighted by Gasteiger charge is -2.17. The summed E-state index contributed by atoms with van der Waals surface area (Å²) in [4.78, 5) is 28.5. The molecule has 164 valence electrons. The average Bonchev–Trinajstić information content (AvgIpc) is 3.09. The molecular formula is C22H30ClN3O3S. The van der Waals surface area contributed by atoms with Crippen molar-refractivity contribution in [3.8, 4) is 0 Å². The van der Waals surface area contributed by atoms with Gasteiger partial charge in [0.05, 0.1) is 6.54 Å². The van der Waals surface area contributed by atoms with E-state index in [-0.39, 0.29) is 12.3 Å². The smallest absolute Gasteiger partial charge is 0.326 e. The average molecular weight is 452 g/mol. The highest BCUT2D eigenvalue weighted by Gasteiger charge is 2.23. The number of benzene rings is 1. The van der Waals surface area contributed by atoms with Crippen LogP contribution in [0.2, 0.25) is 5.02 Å². The molecule has 0 spiro atoms.